The molecule has 3 nitrogen and oxygen atoms in total. The molecular formula is C50H32N2O. The average Bonchev–Trinajstić information content (AvgIpc) is 3.56. The molecule has 11 rings (SSSR count). The first kappa shape index (κ1) is 29.6. The highest BCUT2D eigenvalue weighted by Gasteiger charge is 2.23. The van der Waals surface area contributed by atoms with E-state index in [0.717, 1.165) is 39.8 Å². The van der Waals surface area contributed by atoms with Crippen molar-refractivity contribution in [3.63, 3.8) is 0 Å². The predicted molar refractivity (Wildman–Crippen MR) is 221 cm³/mol. The van der Waals surface area contributed by atoms with E-state index < -0.39 is 0 Å². The highest BCUT2D eigenvalue weighted by molar-refractivity contribution is 6.13. The topological polar surface area (TPSA) is 17.4 Å². The van der Waals surface area contributed by atoms with Crippen molar-refractivity contribution in [1.29, 1.82) is 0 Å². The van der Waals surface area contributed by atoms with Crippen LogP contribution in [0.25, 0.3) is 71.3 Å². The summed E-state index contributed by atoms with van der Waals surface area (Å²) < 4.78 is 8.70. The van der Waals surface area contributed by atoms with Gasteiger partial charge in [0.05, 0.1) is 22.4 Å². The zero-order valence-electron chi connectivity index (χ0n) is 28.8. The van der Waals surface area contributed by atoms with Gasteiger partial charge in [-0.2, -0.15) is 0 Å². The molecule has 0 amide bonds. The van der Waals surface area contributed by atoms with Gasteiger partial charge in [-0.25, -0.2) is 0 Å². The van der Waals surface area contributed by atoms with Gasteiger partial charge >= 0.3 is 0 Å². The molecule has 10 aromatic rings. The maximum absolute atomic E-state index is 6.35. The Kier molecular flexibility index (Phi) is 6.55. The molecule has 1 aromatic heterocycles. The summed E-state index contributed by atoms with van der Waals surface area (Å²) in [5, 5.41) is 7.34. The first-order valence-corrected chi connectivity index (χ1v) is 18.1. The van der Waals surface area contributed by atoms with Crippen LogP contribution in [0.4, 0.5) is 17.1 Å². The van der Waals surface area contributed by atoms with Crippen LogP contribution in [0.15, 0.2) is 194 Å². The van der Waals surface area contributed by atoms with Gasteiger partial charge in [0.15, 0.2) is 11.5 Å². The minimum Gasteiger partial charge on any atom is -0.453 e. The number of para-hydroxylation sites is 3. The third-order valence-corrected chi connectivity index (χ3v) is 10.8. The molecule has 248 valence electrons. The van der Waals surface area contributed by atoms with E-state index in [4.69, 9.17) is 4.74 Å². The quantitative estimate of drug-likeness (QED) is 0.181. The summed E-state index contributed by atoms with van der Waals surface area (Å²) in [7, 11) is 0. The Morgan fingerprint density at radius 3 is 1.79 bits per heavy atom. The predicted octanol–water partition coefficient (Wildman–Crippen LogP) is 14.0. The fourth-order valence-electron chi connectivity index (χ4n) is 8.30. The highest BCUT2D eigenvalue weighted by Crippen LogP contribution is 2.46. The number of benzene rings is 9. The molecule has 0 N–H and O–H groups in total. The van der Waals surface area contributed by atoms with E-state index in [1.807, 2.05) is 12.1 Å². The SMILES string of the molecule is c1ccc2c(c1)Oc1cccc3c4cc(-c5ccc(N(c6ccc(-c7cccc8ccccc78)cc6)c6cccc7ccccc67)cc5)ccc4n-2c13. The van der Waals surface area contributed by atoms with Gasteiger partial charge in [-0.15, -0.1) is 0 Å². The summed E-state index contributed by atoms with van der Waals surface area (Å²) in [5.41, 5.74) is 11.5. The summed E-state index contributed by atoms with van der Waals surface area (Å²) >= 11 is 0. The summed E-state index contributed by atoms with van der Waals surface area (Å²) in [6.07, 6.45) is 0. The zero-order valence-corrected chi connectivity index (χ0v) is 28.8. The zero-order chi connectivity index (χ0) is 34.9. The van der Waals surface area contributed by atoms with E-state index in [9.17, 15) is 0 Å². The lowest BCUT2D eigenvalue weighted by molar-refractivity contribution is 0.476. The largest absolute Gasteiger partial charge is 0.453 e. The Balaban J connectivity index is 1.02. The molecule has 0 fully saturated rings. The third-order valence-electron chi connectivity index (χ3n) is 10.8. The monoisotopic (exact) mass is 676 g/mol. The van der Waals surface area contributed by atoms with Crippen molar-refractivity contribution in [3.8, 4) is 39.4 Å². The molecule has 0 bridgehead atoms. The van der Waals surface area contributed by atoms with Crippen LogP contribution in [0.2, 0.25) is 0 Å². The average molecular weight is 677 g/mol. The smallest absolute Gasteiger partial charge is 0.152 e. The normalized spacial score (nSPS) is 11.9. The Labute approximate surface area is 307 Å². The summed E-state index contributed by atoms with van der Waals surface area (Å²) in [5.74, 6) is 1.77. The number of anilines is 3. The number of hydrogen-bond donors (Lipinski definition) is 0. The lowest BCUT2D eigenvalue weighted by atomic mass is 9.98. The minimum absolute atomic E-state index is 0.878. The number of nitrogens with zero attached hydrogens (tertiary/aromatic N) is 2. The fourth-order valence-corrected chi connectivity index (χ4v) is 8.30. The second-order valence-corrected chi connectivity index (χ2v) is 13.7. The molecular weight excluding hydrogens is 645 g/mol. The molecule has 2 heterocycles. The second kappa shape index (κ2) is 11.7. The Bertz CT molecular complexity index is 3020. The minimum atomic E-state index is 0.878. The van der Waals surface area contributed by atoms with Crippen LogP contribution in [-0.4, -0.2) is 4.57 Å². The van der Waals surface area contributed by atoms with Crippen molar-refractivity contribution in [3.05, 3.63) is 194 Å². The van der Waals surface area contributed by atoms with Gasteiger partial charge in [-0.05, 0) is 99.1 Å². The van der Waals surface area contributed by atoms with Crippen molar-refractivity contribution in [2.24, 2.45) is 0 Å². The van der Waals surface area contributed by atoms with Crippen molar-refractivity contribution >= 4 is 60.4 Å². The molecule has 53 heavy (non-hydrogen) atoms. The Hall–Kier alpha value is -7.10. The molecule has 0 radical (unpaired) electrons. The van der Waals surface area contributed by atoms with Gasteiger partial charge in [-0.3, -0.25) is 0 Å². The number of hydrogen-bond acceptors (Lipinski definition) is 2. The lowest BCUT2D eigenvalue weighted by Crippen LogP contribution is -2.10. The van der Waals surface area contributed by atoms with E-state index in [1.165, 1.54) is 60.1 Å². The van der Waals surface area contributed by atoms with E-state index in [-0.39, 0.29) is 0 Å². The van der Waals surface area contributed by atoms with Gasteiger partial charge in [0.1, 0.15) is 0 Å². The van der Waals surface area contributed by atoms with Crippen LogP contribution in [0.3, 0.4) is 0 Å². The molecule has 0 atom stereocenters. The molecule has 0 spiro atoms. The van der Waals surface area contributed by atoms with E-state index in [1.54, 1.807) is 0 Å². The summed E-state index contributed by atoms with van der Waals surface area (Å²) in [6, 6.07) is 69.8. The molecule has 0 saturated carbocycles. The first-order valence-electron chi connectivity index (χ1n) is 18.1. The number of fused-ring (bicyclic) bond motifs is 7. The van der Waals surface area contributed by atoms with Crippen molar-refractivity contribution < 1.29 is 4.74 Å². The summed E-state index contributed by atoms with van der Waals surface area (Å²) in [4.78, 5) is 2.38. The van der Waals surface area contributed by atoms with Crippen LogP contribution in [0, 0.1) is 0 Å². The van der Waals surface area contributed by atoms with Crippen LogP contribution >= 0.6 is 0 Å². The number of aromatic nitrogens is 1. The van der Waals surface area contributed by atoms with E-state index in [0.29, 0.717) is 0 Å². The Morgan fingerprint density at radius 2 is 0.981 bits per heavy atom. The highest BCUT2D eigenvalue weighted by atomic mass is 16.5. The van der Waals surface area contributed by atoms with E-state index in [2.05, 4.69) is 191 Å². The number of rotatable bonds is 5. The fraction of sp³-hybridized carbons (Fsp3) is 0. The maximum atomic E-state index is 6.35. The third kappa shape index (κ3) is 4.68. The molecule has 0 aliphatic carbocycles. The molecule has 1 aliphatic rings. The molecule has 1 aliphatic heterocycles. The Morgan fingerprint density at radius 1 is 0.396 bits per heavy atom. The number of ether oxygens (including phenoxy) is 1. The van der Waals surface area contributed by atoms with E-state index >= 15 is 0 Å². The molecule has 0 saturated heterocycles. The lowest BCUT2D eigenvalue weighted by Gasteiger charge is -2.27. The van der Waals surface area contributed by atoms with Crippen LogP contribution in [0.5, 0.6) is 11.5 Å². The van der Waals surface area contributed by atoms with Gasteiger partial charge in [0.25, 0.3) is 0 Å². The standard InChI is InChI=1S/C50H32N2O/c1-3-14-40-34(10-1)12-7-16-41(40)36-24-29-39(30-25-36)51(45-19-8-13-35-11-2-4-15-42(35)45)38-27-22-33(23-28-38)37-26-31-46-44(32-37)43-17-9-21-49-50(43)52(46)47-18-5-6-20-48(47)53-49/h1-32H. The molecule has 0 unspecified atom stereocenters. The van der Waals surface area contributed by atoms with Crippen molar-refractivity contribution in [2.45, 2.75) is 0 Å². The molecule has 3 heteroatoms. The van der Waals surface area contributed by atoms with Crippen LogP contribution < -0.4 is 9.64 Å². The molecule has 9 aromatic carbocycles. The summed E-state index contributed by atoms with van der Waals surface area (Å²) in [6.45, 7) is 0. The maximum Gasteiger partial charge on any atom is 0.152 e. The van der Waals surface area contributed by atoms with Gasteiger partial charge in [-0.1, -0.05) is 133 Å². The first-order chi connectivity index (χ1) is 26.3. The van der Waals surface area contributed by atoms with Gasteiger partial charge in [0, 0.05) is 27.5 Å². The van der Waals surface area contributed by atoms with Crippen molar-refractivity contribution in [2.75, 3.05) is 4.90 Å². The van der Waals surface area contributed by atoms with Crippen LogP contribution in [-0.2, 0) is 0 Å². The van der Waals surface area contributed by atoms with Gasteiger partial charge < -0.3 is 14.2 Å². The van der Waals surface area contributed by atoms with Gasteiger partial charge in [0.2, 0.25) is 0 Å². The van der Waals surface area contributed by atoms with Crippen LogP contribution in [0.1, 0.15) is 0 Å². The van der Waals surface area contributed by atoms with Crippen molar-refractivity contribution in [1.82, 2.24) is 4.57 Å². The second-order valence-electron chi connectivity index (χ2n) is 13.7.